The van der Waals surface area contributed by atoms with Gasteiger partial charge in [0.15, 0.2) is 11.5 Å². The van der Waals surface area contributed by atoms with Gasteiger partial charge in [-0.3, -0.25) is 0 Å². The predicted molar refractivity (Wildman–Crippen MR) is 97.3 cm³/mol. The van der Waals surface area contributed by atoms with Gasteiger partial charge in [0.1, 0.15) is 6.10 Å². The lowest BCUT2D eigenvalue weighted by Crippen LogP contribution is -2.46. The van der Waals surface area contributed by atoms with Crippen LogP contribution in [0.3, 0.4) is 0 Å². The van der Waals surface area contributed by atoms with Gasteiger partial charge in [0.25, 0.3) is 0 Å². The first kappa shape index (κ1) is 19.4. The molecule has 0 bridgehead atoms. The van der Waals surface area contributed by atoms with E-state index < -0.39 is 0 Å². The molecule has 1 aromatic rings. The minimum absolute atomic E-state index is 0.0191. The molecule has 0 radical (unpaired) electrons. The van der Waals surface area contributed by atoms with Crippen LogP contribution < -0.4 is 14.8 Å². The van der Waals surface area contributed by atoms with Gasteiger partial charge in [0, 0.05) is 46.2 Å². The number of amides is 2. The first-order valence-corrected chi connectivity index (χ1v) is 9.14. The van der Waals surface area contributed by atoms with Gasteiger partial charge in [0.2, 0.25) is 0 Å². The third-order valence-corrected chi connectivity index (χ3v) is 4.22. The number of rotatable bonds is 9. The summed E-state index contributed by atoms with van der Waals surface area (Å²) in [5.74, 6) is 1.56. The molecule has 0 unspecified atom stereocenters. The highest BCUT2D eigenvalue weighted by molar-refractivity contribution is 5.74. The molecule has 1 heterocycles. The number of urea groups is 1. The maximum atomic E-state index is 12.2. The molecule has 2 amide bonds. The molecule has 0 atom stereocenters. The van der Waals surface area contributed by atoms with Crippen molar-refractivity contribution in [3.05, 3.63) is 24.3 Å². The lowest BCUT2D eigenvalue weighted by Gasteiger charge is -2.32. The van der Waals surface area contributed by atoms with E-state index in [1.165, 1.54) is 0 Å². The zero-order valence-electron chi connectivity index (χ0n) is 15.3. The molecule has 2 rings (SSSR count). The molecule has 0 aliphatic carbocycles. The van der Waals surface area contributed by atoms with Gasteiger partial charge >= 0.3 is 6.03 Å². The molecule has 0 aromatic heterocycles. The van der Waals surface area contributed by atoms with Gasteiger partial charge in [-0.25, -0.2) is 4.79 Å². The van der Waals surface area contributed by atoms with Gasteiger partial charge in [-0.15, -0.1) is 0 Å². The number of hydrogen-bond acceptors (Lipinski definition) is 4. The van der Waals surface area contributed by atoms with Crippen molar-refractivity contribution in [1.29, 1.82) is 0 Å². The Bertz CT molecular complexity index is 516. The van der Waals surface area contributed by atoms with Crippen molar-refractivity contribution < 1.29 is 19.0 Å². The summed E-state index contributed by atoms with van der Waals surface area (Å²) in [4.78, 5) is 14.0. The molecular formula is C19H30N2O4. The summed E-state index contributed by atoms with van der Waals surface area (Å²) in [6, 6.07) is 7.77. The van der Waals surface area contributed by atoms with Crippen LogP contribution in [-0.2, 0) is 4.74 Å². The highest BCUT2D eigenvalue weighted by atomic mass is 16.5. The Kier molecular flexibility index (Phi) is 8.39. The van der Waals surface area contributed by atoms with Crippen LogP contribution in [0.4, 0.5) is 4.79 Å². The Balaban J connectivity index is 1.71. The van der Waals surface area contributed by atoms with Gasteiger partial charge in [-0.05, 0) is 31.9 Å². The third-order valence-electron chi connectivity index (χ3n) is 4.22. The molecule has 6 heteroatoms. The molecule has 1 aliphatic heterocycles. The number of nitrogens with one attached hydrogen (secondary N) is 1. The minimum Gasteiger partial charge on any atom is -0.490 e. The number of carbonyl (C=O) groups excluding carboxylic acids is 1. The normalized spacial score (nSPS) is 15.0. The molecule has 0 spiro atoms. The maximum absolute atomic E-state index is 12.2. The van der Waals surface area contributed by atoms with Crippen molar-refractivity contribution in [1.82, 2.24) is 10.2 Å². The van der Waals surface area contributed by atoms with Crippen molar-refractivity contribution in [3.63, 3.8) is 0 Å². The molecule has 0 saturated carbocycles. The number of piperidine rings is 1. The van der Waals surface area contributed by atoms with Crippen LogP contribution in [0.5, 0.6) is 11.5 Å². The van der Waals surface area contributed by atoms with Crippen molar-refractivity contribution in [2.45, 2.75) is 38.7 Å². The summed E-state index contributed by atoms with van der Waals surface area (Å²) in [7, 11) is 1.69. The Morgan fingerprint density at radius 3 is 2.60 bits per heavy atom. The maximum Gasteiger partial charge on any atom is 0.317 e. The molecular weight excluding hydrogens is 320 g/mol. The first-order valence-electron chi connectivity index (χ1n) is 9.14. The van der Waals surface area contributed by atoms with E-state index >= 15 is 0 Å². The molecule has 6 nitrogen and oxygen atoms in total. The quantitative estimate of drug-likeness (QED) is 0.696. The van der Waals surface area contributed by atoms with E-state index in [1.807, 2.05) is 36.1 Å². The molecule has 25 heavy (non-hydrogen) atoms. The highest BCUT2D eigenvalue weighted by Gasteiger charge is 2.24. The van der Waals surface area contributed by atoms with Crippen LogP contribution >= 0.6 is 0 Å². The molecule has 1 saturated heterocycles. The predicted octanol–water partition coefficient (Wildman–Crippen LogP) is 3.06. The van der Waals surface area contributed by atoms with E-state index in [0.29, 0.717) is 26.2 Å². The minimum atomic E-state index is 0.0191. The largest absolute Gasteiger partial charge is 0.490 e. The van der Waals surface area contributed by atoms with Crippen molar-refractivity contribution in [2.75, 3.05) is 40.0 Å². The summed E-state index contributed by atoms with van der Waals surface area (Å²) >= 11 is 0. The van der Waals surface area contributed by atoms with E-state index in [-0.39, 0.29) is 12.1 Å². The number of methoxy groups -OCH3 is 1. The summed E-state index contributed by atoms with van der Waals surface area (Å²) in [5, 5.41) is 2.97. The summed E-state index contributed by atoms with van der Waals surface area (Å²) in [6.45, 7) is 5.44. The Labute approximate surface area is 150 Å². The number of para-hydroxylation sites is 2. The summed E-state index contributed by atoms with van der Waals surface area (Å²) < 4.78 is 16.7. The second kappa shape index (κ2) is 10.8. The molecule has 1 fully saturated rings. The molecule has 140 valence electrons. The van der Waals surface area contributed by atoms with E-state index in [9.17, 15) is 4.79 Å². The number of nitrogens with zero attached hydrogens (tertiary/aromatic N) is 1. The Morgan fingerprint density at radius 1 is 1.20 bits per heavy atom. The standard InChI is InChI=1S/C19H30N2O4/c1-3-24-17-8-4-5-9-18(17)25-16-10-13-21(14-11-16)19(22)20-12-6-7-15-23-2/h4-5,8-9,16H,3,6-7,10-15H2,1-2H3,(H,20,22). The van der Waals surface area contributed by atoms with Gasteiger partial charge in [-0.2, -0.15) is 0 Å². The van der Waals surface area contributed by atoms with Crippen LogP contribution in [0.1, 0.15) is 32.6 Å². The van der Waals surface area contributed by atoms with Crippen LogP contribution in [0.25, 0.3) is 0 Å². The second-order valence-corrected chi connectivity index (χ2v) is 6.12. The molecule has 1 aliphatic rings. The topological polar surface area (TPSA) is 60.0 Å². The smallest absolute Gasteiger partial charge is 0.317 e. The van der Waals surface area contributed by atoms with Gasteiger partial charge in [-0.1, -0.05) is 12.1 Å². The van der Waals surface area contributed by atoms with Crippen LogP contribution in [0, 0.1) is 0 Å². The van der Waals surface area contributed by atoms with Gasteiger partial charge in [0.05, 0.1) is 6.61 Å². The van der Waals surface area contributed by atoms with E-state index in [0.717, 1.165) is 43.8 Å². The first-order chi connectivity index (χ1) is 12.2. The van der Waals surface area contributed by atoms with E-state index in [2.05, 4.69) is 5.32 Å². The van der Waals surface area contributed by atoms with E-state index in [1.54, 1.807) is 7.11 Å². The van der Waals surface area contributed by atoms with Crippen LogP contribution in [0.15, 0.2) is 24.3 Å². The average Bonchev–Trinajstić information content (AvgIpc) is 2.64. The van der Waals surface area contributed by atoms with Crippen LogP contribution in [-0.4, -0.2) is 57.0 Å². The average molecular weight is 350 g/mol. The third kappa shape index (κ3) is 6.46. The lowest BCUT2D eigenvalue weighted by atomic mass is 10.1. The Hall–Kier alpha value is -1.95. The molecule has 1 N–H and O–H groups in total. The fraction of sp³-hybridized carbons (Fsp3) is 0.632. The summed E-state index contributed by atoms with van der Waals surface area (Å²) in [5.41, 5.74) is 0. The highest BCUT2D eigenvalue weighted by Crippen LogP contribution is 2.29. The number of hydrogen-bond donors (Lipinski definition) is 1. The Morgan fingerprint density at radius 2 is 1.92 bits per heavy atom. The number of unbranched alkanes of at least 4 members (excludes halogenated alkanes) is 1. The van der Waals surface area contributed by atoms with E-state index in [4.69, 9.17) is 14.2 Å². The monoisotopic (exact) mass is 350 g/mol. The fourth-order valence-corrected chi connectivity index (χ4v) is 2.86. The molecule has 1 aromatic carbocycles. The van der Waals surface area contributed by atoms with Gasteiger partial charge < -0.3 is 24.4 Å². The van der Waals surface area contributed by atoms with Crippen LogP contribution in [0.2, 0.25) is 0 Å². The SMILES string of the molecule is CCOc1ccccc1OC1CCN(C(=O)NCCCCOC)CC1. The number of benzene rings is 1. The zero-order chi connectivity index (χ0) is 17.9. The van der Waals surface area contributed by atoms with Crippen molar-refractivity contribution in [2.24, 2.45) is 0 Å². The number of likely N-dealkylation sites (tertiary alicyclic amines) is 1. The second-order valence-electron chi connectivity index (χ2n) is 6.12. The van der Waals surface area contributed by atoms with Crippen molar-refractivity contribution in [3.8, 4) is 11.5 Å². The summed E-state index contributed by atoms with van der Waals surface area (Å²) in [6.07, 6.45) is 3.68. The lowest BCUT2D eigenvalue weighted by molar-refractivity contribution is 0.107. The zero-order valence-corrected chi connectivity index (χ0v) is 15.3. The number of carbonyl (C=O) groups is 1. The number of ether oxygens (including phenoxy) is 3. The fourth-order valence-electron chi connectivity index (χ4n) is 2.86. The van der Waals surface area contributed by atoms with Crippen molar-refractivity contribution >= 4 is 6.03 Å².